The van der Waals surface area contributed by atoms with Crippen LogP contribution in [0.15, 0.2) is 22.5 Å². The van der Waals surface area contributed by atoms with Crippen molar-refractivity contribution in [3.8, 4) is 0 Å². The standard InChI is InChI=1S/C11H8ClF3N4O3S2/c1-5(20)16-9-17-18-10(23-9)24(21,22)19-8-4-6(11(13,14)15)2-3-7(8)12/h2-4,19H,1H3,(H,16,17,20). The van der Waals surface area contributed by atoms with Crippen molar-refractivity contribution in [1.82, 2.24) is 10.2 Å². The second-order valence-electron chi connectivity index (χ2n) is 4.35. The van der Waals surface area contributed by atoms with Gasteiger partial charge in [-0.3, -0.25) is 9.52 Å². The summed E-state index contributed by atoms with van der Waals surface area (Å²) < 4.78 is 63.8. The summed E-state index contributed by atoms with van der Waals surface area (Å²) in [6.07, 6.45) is -4.66. The van der Waals surface area contributed by atoms with Gasteiger partial charge in [-0.25, -0.2) is 0 Å². The van der Waals surface area contributed by atoms with Gasteiger partial charge in [-0.1, -0.05) is 22.9 Å². The third-order valence-electron chi connectivity index (χ3n) is 2.46. The van der Waals surface area contributed by atoms with E-state index < -0.39 is 37.7 Å². The molecule has 0 radical (unpaired) electrons. The van der Waals surface area contributed by atoms with Gasteiger partial charge in [-0.15, -0.1) is 10.2 Å². The van der Waals surface area contributed by atoms with E-state index in [1.165, 1.54) is 6.92 Å². The van der Waals surface area contributed by atoms with E-state index in [2.05, 4.69) is 15.5 Å². The Hall–Kier alpha value is -1.92. The number of hydrogen-bond acceptors (Lipinski definition) is 6. The molecule has 0 fully saturated rings. The quantitative estimate of drug-likeness (QED) is 0.768. The lowest BCUT2D eigenvalue weighted by Gasteiger charge is -2.11. The summed E-state index contributed by atoms with van der Waals surface area (Å²) in [6, 6.07) is 2.21. The maximum absolute atomic E-state index is 12.7. The lowest BCUT2D eigenvalue weighted by atomic mass is 10.2. The summed E-state index contributed by atoms with van der Waals surface area (Å²) in [5, 5.41) is 8.77. The highest BCUT2D eigenvalue weighted by molar-refractivity contribution is 7.94. The number of nitrogens with one attached hydrogen (secondary N) is 2. The maximum atomic E-state index is 12.7. The molecule has 13 heteroatoms. The fourth-order valence-electron chi connectivity index (χ4n) is 1.49. The number of benzene rings is 1. The van der Waals surface area contributed by atoms with Crippen molar-refractivity contribution in [2.75, 3.05) is 10.0 Å². The number of anilines is 2. The molecule has 1 amide bonds. The molecule has 0 unspecified atom stereocenters. The van der Waals surface area contributed by atoms with Crippen molar-refractivity contribution in [2.24, 2.45) is 0 Å². The summed E-state index contributed by atoms with van der Waals surface area (Å²) >= 11 is 6.26. The molecule has 0 aliphatic rings. The van der Waals surface area contributed by atoms with Crippen LogP contribution in [0.25, 0.3) is 0 Å². The first-order valence-corrected chi connectivity index (χ1v) is 8.67. The Morgan fingerprint density at radius 3 is 2.54 bits per heavy atom. The van der Waals surface area contributed by atoms with Crippen LogP contribution in [-0.2, 0) is 21.0 Å². The topological polar surface area (TPSA) is 101 Å². The van der Waals surface area contributed by atoms with Gasteiger partial charge in [0.05, 0.1) is 16.3 Å². The molecule has 0 saturated heterocycles. The van der Waals surface area contributed by atoms with E-state index in [9.17, 15) is 26.4 Å². The summed E-state index contributed by atoms with van der Waals surface area (Å²) in [4.78, 5) is 10.9. The normalized spacial score (nSPS) is 12.0. The second-order valence-corrected chi connectivity index (χ2v) is 7.59. The largest absolute Gasteiger partial charge is 0.416 e. The number of nitrogens with zero attached hydrogens (tertiary/aromatic N) is 2. The third kappa shape index (κ3) is 4.33. The Bertz CT molecular complexity index is 883. The van der Waals surface area contributed by atoms with Crippen LogP contribution in [0.3, 0.4) is 0 Å². The zero-order valence-electron chi connectivity index (χ0n) is 11.7. The van der Waals surface area contributed by atoms with E-state index in [0.717, 1.165) is 12.1 Å². The first-order chi connectivity index (χ1) is 11.0. The van der Waals surface area contributed by atoms with E-state index in [0.29, 0.717) is 17.4 Å². The molecule has 2 N–H and O–H groups in total. The molecule has 130 valence electrons. The van der Waals surface area contributed by atoms with Crippen LogP contribution in [-0.4, -0.2) is 24.5 Å². The average Bonchev–Trinajstić information content (AvgIpc) is 2.88. The Morgan fingerprint density at radius 1 is 1.29 bits per heavy atom. The molecule has 0 spiro atoms. The van der Waals surface area contributed by atoms with Crippen molar-refractivity contribution >= 4 is 49.7 Å². The van der Waals surface area contributed by atoms with E-state index in [-0.39, 0.29) is 10.2 Å². The van der Waals surface area contributed by atoms with Gasteiger partial charge in [0.15, 0.2) is 0 Å². The van der Waals surface area contributed by atoms with Gasteiger partial charge in [0, 0.05) is 6.92 Å². The van der Waals surface area contributed by atoms with E-state index >= 15 is 0 Å². The molecular weight excluding hydrogens is 393 g/mol. The predicted molar refractivity (Wildman–Crippen MR) is 81.5 cm³/mol. The average molecular weight is 401 g/mol. The second kappa shape index (κ2) is 6.53. The van der Waals surface area contributed by atoms with Crippen LogP contribution >= 0.6 is 22.9 Å². The van der Waals surface area contributed by atoms with Crippen molar-refractivity contribution < 1.29 is 26.4 Å². The van der Waals surface area contributed by atoms with Gasteiger partial charge in [0.25, 0.3) is 14.4 Å². The number of amides is 1. The number of carbonyl (C=O) groups excluding carboxylic acids is 1. The van der Waals surface area contributed by atoms with E-state index in [4.69, 9.17) is 11.6 Å². The molecule has 0 bridgehead atoms. The Labute approximate surface area is 142 Å². The van der Waals surface area contributed by atoms with Gasteiger partial charge in [0.2, 0.25) is 11.0 Å². The monoisotopic (exact) mass is 400 g/mol. The molecule has 0 atom stereocenters. The van der Waals surface area contributed by atoms with Crippen LogP contribution in [0, 0.1) is 0 Å². The van der Waals surface area contributed by atoms with Gasteiger partial charge in [-0.2, -0.15) is 21.6 Å². The predicted octanol–water partition coefficient (Wildman–Crippen LogP) is 2.97. The van der Waals surface area contributed by atoms with E-state index in [1.54, 1.807) is 0 Å². The number of rotatable bonds is 4. The number of hydrogen-bond donors (Lipinski definition) is 2. The fourth-order valence-corrected chi connectivity index (χ4v) is 3.73. The van der Waals surface area contributed by atoms with Crippen molar-refractivity contribution in [1.29, 1.82) is 0 Å². The Balaban J connectivity index is 2.32. The van der Waals surface area contributed by atoms with Gasteiger partial charge in [0.1, 0.15) is 0 Å². The van der Waals surface area contributed by atoms with Crippen molar-refractivity contribution in [3.05, 3.63) is 28.8 Å². The molecule has 2 rings (SSSR count). The molecular formula is C11H8ClF3N4O3S2. The highest BCUT2D eigenvalue weighted by Crippen LogP contribution is 2.35. The number of halogens is 4. The van der Waals surface area contributed by atoms with Crippen LogP contribution in [0.2, 0.25) is 5.02 Å². The smallest absolute Gasteiger partial charge is 0.301 e. The molecule has 24 heavy (non-hydrogen) atoms. The van der Waals surface area contributed by atoms with Crippen LogP contribution in [0.4, 0.5) is 24.0 Å². The Kier molecular flexibility index (Phi) is 5.01. The first kappa shape index (κ1) is 18.4. The summed E-state index contributed by atoms with van der Waals surface area (Å²) in [5.74, 6) is -0.482. The maximum Gasteiger partial charge on any atom is 0.416 e. The molecule has 0 aliphatic heterocycles. The van der Waals surface area contributed by atoms with Gasteiger partial charge in [-0.05, 0) is 18.2 Å². The molecule has 7 nitrogen and oxygen atoms in total. The lowest BCUT2D eigenvalue weighted by molar-refractivity contribution is -0.137. The zero-order valence-corrected chi connectivity index (χ0v) is 14.1. The van der Waals surface area contributed by atoms with Crippen molar-refractivity contribution in [2.45, 2.75) is 17.4 Å². The number of carbonyl (C=O) groups is 1. The molecule has 0 aliphatic carbocycles. The summed E-state index contributed by atoms with van der Waals surface area (Å²) in [7, 11) is -4.32. The highest BCUT2D eigenvalue weighted by Gasteiger charge is 2.31. The first-order valence-electron chi connectivity index (χ1n) is 6.00. The Morgan fingerprint density at radius 2 is 1.96 bits per heavy atom. The minimum absolute atomic E-state index is 0.0713. The molecule has 1 heterocycles. The molecule has 1 aromatic carbocycles. The SMILES string of the molecule is CC(=O)Nc1nnc(S(=O)(=O)Nc2cc(C(F)(F)F)ccc2Cl)s1. The summed E-state index contributed by atoms with van der Waals surface area (Å²) in [5.41, 5.74) is -1.52. The van der Waals surface area contributed by atoms with Crippen LogP contribution in [0.1, 0.15) is 12.5 Å². The molecule has 0 saturated carbocycles. The zero-order chi connectivity index (χ0) is 18.1. The van der Waals surface area contributed by atoms with Gasteiger partial charge >= 0.3 is 6.18 Å². The summed E-state index contributed by atoms with van der Waals surface area (Å²) in [6.45, 7) is 1.19. The van der Waals surface area contributed by atoms with Crippen LogP contribution < -0.4 is 10.0 Å². The van der Waals surface area contributed by atoms with Gasteiger partial charge < -0.3 is 5.32 Å². The lowest BCUT2D eigenvalue weighted by Crippen LogP contribution is -2.14. The van der Waals surface area contributed by atoms with Crippen molar-refractivity contribution in [3.63, 3.8) is 0 Å². The number of alkyl halides is 3. The minimum atomic E-state index is -4.66. The number of sulfonamides is 1. The van der Waals surface area contributed by atoms with Crippen LogP contribution in [0.5, 0.6) is 0 Å². The molecule has 2 aromatic rings. The number of aromatic nitrogens is 2. The third-order valence-corrected chi connectivity index (χ3v) is 5.36. The molecule has 1 aromatic heterocycles. The fraction of sp³-hybridized carbons (Fsp3) is 0.182. The van der Waals surface area contributed by atoms with E-state index in [1.807, 2.05) is 4.72 Å². The highest BCUT2D eigenvalue weighted by atomic mass is 35.5. The minimum Gasteiger partial charge on any atom is -0.301 e.